The van der Waals surface area contributed by atoms with Crippen LogP contribution in [-0.2, 0) is 14.3 Å². The minimum atomic E-state index is 0.110. The molecule has 0 N–H and O–H groups in total. The normalized spacial score (nSPS) is 32.6. The Morgan fingerprint density at radius 2 is 1.84 bits per heavy atom. The number of ether oxygens (including phenoxy) is 2. The van der Waals surface area contributed by atoms with Gasteiger partial charge in [-0.05, 0) is 43.6 Å². The number of carbonyl (C=O) groups excluding carboxylic acids is 1. The first-order valence-electron chi connectivity index (χ1n) is 7.65. The maximum atomic E-state index is 11.3. The Morgan fingerprint density at radius 1 is 1.11 bits per heavy atom. The van der Waals surface area contributed by atoms with Crippen LogP contribution in [0.2, 0.25) is 0 Å². The fraction of sp³-hybridized carbons (Fsp3) is 0.933. The lowest BCUT2D eigenvalue weighted by Crippen LogP contribution is -2.46. The Bertz CT molecular complexity index is 310. The van der Waals surface area contributed by atoms with Gasteiger partial charge in [-0.15, -0.1) is 0 Å². The number of Topliss-reactive ketones (excluding diaryl/α,β-unsaturated/α-hetero) is 1. The van der Waals surface area contributed by atoms with Gasteiger partial charge in [0.15, 0.2) is 0 Å². The topological polar surface area (TPSA) is 35.5 Å². The van der Waals surface area contributed by atoms with Gasteiger partial charge in [0.2, 0.25) is 0 Å². The van der Waals surface area contributed by atoms with E-state index in [1.807, 2.05) is 11.8 Å². The van der Waals surface area contributed by atoms with Crippen molar-refractivity contribution in [3.63, 3.8) is 0 Å². The molecule has 1 spiro atoms. The molecule has 2 heterocycles. The Morgan fingerprint density at radius 3 is 2.58 bits per heavy atom. The van der Waals surface area contributed by atoms with Crippen molar-refractivity contribution >= 4 is 17.5 Å². The number of hydrogen-bond donors (Lipinski definition) is 0. The molecule has 0 amide bonds. The van der Waals surface area contributed by atoms with Crippen LogP contribution in [0.1, 0.15) is 51.4 Å². The molecule has 0 radical (unpaired) electrons. The van der Waals surface area contributed by atoms with Gasteiger partial charge >= 0.3 is 0 Å². The summed E-state index contributed by atoms with van der Waals surface area (Å²) < 4.78 is 12.4. The van der Waals surface area contributed by atoms with Crippen LogP contribution in [-0.4, -0.2) is 41.7 Å². The quantitative estimate of drug-likeness (QED) is 0.781. The average Bonchev–Trinajstić information content (AvgIpc) is 2.42. The van der Waals surface area contributed by atoms with Crippen molar-refractivity contribution in [2.45, 2.75) is 69.2 Å². The summed E-state index contributed by atoms with van der Waals surface area (Å²) in [6.07, 6.45) is 8.42. The molecule has 3 fully saturated rings. The third-order valence-electron chi connectivity index (χ3n) is 4.73. The summed E-state index contributed by atoms with van der Waals surface area (Å²) in [6, 6.07) is 0. The molecule has 1 saturated carbocycles. The van der Waals surface area contributed by atoms with Crippen molar-refractivity contribution in [1.29, 1.82) is 0 Å². The van der Waals surface area contributed by atoms with E-state index in [9.17, 15) is 4.79 Å². The zero-order valence-electron chi connectivity index (χ0n) is 11.6. The van der Waals surface area contributed by atoms with Crippen LogP contribution >= 0.6 is 11.8 Å². The molecule has 4 heteroatoms. The van der Waals surface area contributed by atoms with Crippen LogP contribution in [0.15, 0.2) is 0 Å². The molecule has 1 aliphatic carbocycles. The minimum absolute atomic E-state index is 0.110. The Balaban J connectivity index is 1.52. The largest absolute Gasteiger partial charge is 0.375 e. The number of rotatable bonds is 2. The van der Waals surface area contributed by atoms with Crippen molar-refractivity contribution in [3.05, 3.63) is 0 Å². The highest BCUT2D eigenvalue weighted by Gasteiger charge is 2.39. The molecule has 1 unspecified atom stereocenters. The van der Waals surface area contributed by atoms with Crippen LogP contribution in [0.25, 0.3) is 0 Å². The van der Waals surface area contributed by atoms with E-state index in [2.05, 4.69) is 0 Å². The number of hydrogen-bond acceptors (Lipinski definition) is 4. The molecule has 0 bridgehead atoms. The second-order valence-electron chi connectivity index (χ2n) is 6.13. The van der Waals surface area contributed by atoms with Crippen molar-refractivity contribution in [2.24, 2.45) is 0 Å². The zero-order chi connectivity index (χ0) is 13.1. The lowest BCUT2D eigenvalue weighted by atomic mass is 9.86. The van der Waals surface area contributed by atoms with Gasteiger partial charge in [-0.25, -0.2) is 0 Å². The molecule has 3 aliphatic rings. The first-order chi connectivity index (χ1) is 9.26. The van der Waals surface area contributed by atoms with E-state index in [1.54, 1.807) is 0 Å². The fourth-order valence-electron chi connectivity index (χ4n) is 3.51. The van der Waals surface area contributed by atoms with E-state index in [-0.39, 0.29) is 5.60 Å². The van der Waals surface area contributed by atoms with Gasteiger partial charge in [0, 0.05) is 25.9 Å². The van der Waals surface area contributed by atoms with Crippen molar-refractivity contribution < 1.29 is 14.3 Å². The maximum absolute atomic E-state index is 11.3. The van der Waals surface area contributed by atoms with Gasteiger partial charge in [0.1, 0.15) is 5.78 Å². The van der Waals surface area contributed by atoms with E-state index in [4.69, 9.17) is 9.47 Å². The minimum Gasteiger partial charge on any atom is -0.375 e. The van der Waals surface area contributed by atoms with Gasteiger partial charge in [0.25, 0.3) is 0 Å². The number of carbonyl (C=O) groups is 1. The third-order valence-corrected chi connectivity index (χ3v) is 5.71. The summed E-state index contributed by atoms with van der Waals surface area (Å²) in [5.41, 5.74) is 0.110. The zero-order valence-corrected chi connectivity index (χ0v) is 12.4. The standard InChI is InChI=1S/C15H24O3S/c16-12-1-3-13(4-2-12)18-14-5-8-17-15(11-14)6-9-19-10-7-15/h13-14H,1-11H2. The fourth-order valence-corrected chi connectivity index (χ4v) is 4.75. The Hall–Kier alpha value is -0.0600. The van der Waals surface area contributed by atoms with E-state index in [0.717, 1.165) is 45.1 Å². The monoisotopic (exact) mass is 284 g/mol. The molecular weight excluding hydrogens is 260 g/mol. The Labute approximate surface area is 119 Å². The molecular formula is C15H24O3S. The number of thioether (sulfide) groups is 1. The van der Waals surface area contributed by atoms with Crippen LogP contribution in [0.5, 0.6) is 0 Å². The van der Waals surface area contributed by atoms with Gasteiger partial charge in [-0.3, -0.25) is 4.79 Å². The van der Waals surface area contributed by atoms with Gasteiger partial charge in [-0.1, -0.05) is 0 Å². The van der Waals surface area contributed by atoms with Crippen LogP contribution in [0, 0.1) is 0 Å². The highest BCUT2D eigenvalue weighted by molar-refractivity contribution is 7.99. The smallest absolute Gasteiger partial charge is 0.133 e. The summed E-state index contributed by atoms with van der Waals surface area (Å²) in [6.45, 7) is 0.848. The van der Waals surface area contributed by atoms with Gasteiger partial charge < -0.3 is 9.47 Å². The molecule has 108 valence electrons. The van der Waals surface area contributed by atoms with Crippen LogP contribution < -0.4 is 0 Å². The maximum Gasteiger partial charge on any atom is 0.133 e. The van der Waals surface area contributed by atoms with Crippen LogP contribution in [0.3, 0.4) is 0 Å². The third kappa shape index (κ3) is 3.53. The van der Waals surface area contributed by atoms with E-state index >= 15 is 0 Å². The molecule has 2 saturated heterocycles. The van der Waals surface area contributed by atoms with E-state index < -0.39 is 0 Å². The van der Waals surface area contributed by atoms with E-state index in [0.29, 0.717) is 18.0 Å². The summed E-state index contributed by atoms with van der Waals surface area (Å²) in [7, 11) is 0. The summed E-state index contributed by atoms with van der Waals surface area (Å²) >= 11 is 2.04. The van der Waals surface area contributed by atoms with Crippen molar-refractivity contribution in [1.82, 2.24) is 0 Å². The molecule has 0 aromatic rings. The first-order valence-corrected chi connectivity index (χ1v) is 8.80. The first kappa shape index (κ1) is 13.9. The molecule has 3 rings (SSSR count). The second-order valence-corrected chi connectivity index (χ2v) is 7.36. The van der Waals surface area contributed by atoms with Crippen molar-refractivity contribution in [3.8, 4) is 0 Å². The molecule has 2 aliphatic heterocycles. The molecule has 0 aromatic carbocycles. The molecule has 19 heavy (non-hydrogen) atoms. The van der Waals surface area contributed by atoms with E-state index in [1.165, 1.54) is 24.3 Å². The summed E-state index contributed by atoms with van der Waals surface area (Å²) in [4.78, 5) is 11.3. The van der Waals surface area contributed by atoms with Crippen molar-refractivity contribution in [2.75, 3.05) is 18.1 Å². The average molecular weight is 284 g/mol. The Kier molecular flexibility index (Phi) is 4.50. The SMILES string of the molecule is O=C1CCC(OC2CCOC3(CCSCC3)C2)CC1. The predicted octanol–water partition coefficient (Wildman–Crippen LogP) is 2.96. The lowest BCUT2D eigenvalue weighted by Gasteiger charge is -2.44. The van der Waals surface area contributed by atoms with Gasteiger partial charge in [0.05, 0.1) is 17.8 Å². The molecule has 0 aromatic heterocycles. The summed E-state index contributed by atoms with van der Waals surface area (Å²) in [5, 5.41) is 0. The highest BCUT2D eigenvalue weighted by Crippen LogP contribution is 2.39. The number of ketones is 1. The molecule has 1 atom stereocenters. The molecule has 3 nitrogen and oxygen atoms in total. The highest BCUT2D eigenvalue weighted by atomic mass is 32.2. The predicted molar refractivity (Wildman–Crippen MR) is 76.6 cm³/mol. The van der Waals surface area contributed by atoms with Gasteiger partial charge in [-0.2, -0.15) is 11.8 Å². The summed E-state index contributed by atoms with van der Waals surface area (Å²) in [5.74, 6) is 2.86. The van der Waals surface area contributed by atoms with Crippen LogP contribution in [0.4, 0.5) is 0 Å². The second kappa shape index (κ2) is 6.15. The lowest BCUT2D eigenvalue weighted by molar-refractivity contribution is -0.156.